The lowest BCUT2D eigenvalue weighted by molar-refractivity contribution is -1.09. The summed E-state index contributed by atoms with van der Waals surface area (Å²) in [6, 6.07) is 11.4. The third kappa shape index (κ3) is 1.48. The van der Waals surface area contributed by atoms with Crippen LogP contribution in [-0.2, 0) is 4.84 Å². The zero-order valence-electron chi connectivity index (χ0n) is 9.23. The van der Waals surface area contributed by atoms with Crippen LogP contribution < -0.4 is 0 Å². The standard InChI is InChI=1S/C13H18NO/c1-14-9-5-8-12(14)10-13(15-14)11-6-3-2-4-7-11/h2-4,6-7,12-13H,5,8-10H2,1H3/q+1. The van der Waals surface area contributed by atoms with Gasteiger partial charge < -0.3 is 0 Å². The molecule has 2 aliphatic rings. The number of hydrogen-bond donors (Lipinski definition) is 0. The molecule has 0 aliphatic carbocycles. The van der Waals surface area contributed by atoms with Crippen LogP contribution >= 0.6 is 0 Å². The van der Waals surface area contributed by atoms with Crippen LogP contribution in [0.1, 0.15) is 30.9 Å². The van der Waals surface area contributed by atoms with Gasteiger partial charge in [-0.05, 0) is 5.56 Å². The molecule has 0 N–H and O–H groups in total. The van der Waals surface area contributed by atoms with E-state index in [0.29, 0.717) is 6.10 Å². The fraction of sp³-hybridized carbons (Fsp3) is 0.538. The minimum absolute atomic E-state index is 0.321. The van der Waals surface area contributed by atoms with Crippen molar-refractivity contribution in [3.05, 3.63) is 35.9 Å². The highest BCUT2D eigenvalue weighted by atomic mass is 16.7. The Morgan fingerprint density at radius 1 is 1.27 bits per heavy atom. The predicted molar refractivity (Wildman–Crippen MR) is 59.0 cm³/mol. The first-order chi connectivity index (χ1) is 7.28. The molecule has 80 valence electrons. The molecule has 2 aliphatic heterocycles. The van der Waals surface area contributed by atoms with Gasteiger partial charge in [0.05, 0.1) is 7.05 Å². The first-order valence-corrected chi connectivity index (χ1v) is 5.86. The van der Waals surface area contributed by atoms with E-state index in [1.54, 1.807) is 0 Å². The molecule has 0 saturated carbocycles. The Bertz CT molecular complexity index is 351. The Morgan fingerprint density at radius 2 is 2.07 bits per heavy atom. The monoisotopic (exact) mass is 204 g/mol. The molecule has 1 aromatic rings. The summed E-state index contributed by atoms with van der Waals surface area (Å²) in [5.74, 6) is 0. The Morgan fingerprint density at radius 3 is 2.80 bits per heavy atom. The van der Waals surface area contributed by atoms with E-state index in [4.69, 9.17) is 4.84 Å². The summed E-state index contributed by atoms with van der Waals surface area (Å²) in [4.78, 5) is 6.20. The normalized spacial score (nSPS) is 39.3. The molecule has 0 bridgehead atoms. The summed E-state index contributed by atoms with van der Waals surface area (Å²) in [6.45, 7) is 1.19. The number of hydroxylamine groups is 3. The molecule has 2 heterocycles. The van der Waals surface area contributed by atoms with Crippen LogP contribution in [0.4, 0.5) is 0 Å². The van der Waals surface area contributed by atoms with Crippen molar-refractivity contribution < 1.29 is 9.48 Å². The number of quaternary nitrogens is 1. The highest BCUT2D eigenvalue weighted by Gasteiger charge is 2.49. The van der Waals surface area contributed by atoms with Crippen molar-refractivity contribution in [2.45, 2.75) is 31.4 Å². The van der Waals surface area contributed by atoms with E-state index in [9.17, 15) is 0 Å². The van der Waals surface area contributed by atoms with Gasteiger partial charge in [0.25, 0.3) is 0 Å². The molecule has 15 heavy (non-hydrogen) atoms. The Balaban J connectivity index is 1.82. The summed E-state index contributed by atoms with van der Waals surface area (Å²) in [7, 11) is 2.24. The fourth-order valence-corrected chi connectivity index (χ4v) is 3.02. The van der Waals surface area contributed by atoms with Crippen LogP contribution in [0.25, 0.3) is 0 Å². The van der Waals surface area contributed by atoms with Gasteiger partial charge in [-0.2, -0.15) is 9.48 Å². The molecular weight excluding hydrogens is 186 g/mol. The summed E-state index contributed by atoms with van der Waals surface area (Å²) in [5.41, 5.74) is 1.34. The van der Waals surface area contributed by atoms with E-state index in [-0.39, 0.29) is 0 Å². The van der Waals surface area contributed by atoms with Crippen molar-refractivity contribution >= 4 is 0 Å². The molecule has 2 nitrogen and oxygen atoms in total. The summed E-state index contributed by atoms with van der Waals surface area (Å²) in [5, 5.41) is 0. The lowest BCUT2D eigenvalue weighted by atomic mass is 10.0. The number of fused-ring (bicyclic) bond motifs is 1. The summed E-state index contributed by atoms with van der Waals surface area (Å²) in [6.07, 6.45) is 4.17. The number of hydrogen-bond acceptors (Lipinski definition) is 1. The van der Waals surface area contributed by atoms with Gasteiger partial charge >= 0.3 is 0 Å². The van der Waals surface area contributed by atoms with Gasteiger partial charge in [0.1, 0.15) is 18.7 Å². The number of benzene rings is 1. The summed E-state index contributed by atoms with van der Waals surface area (Å²) < 4.78 is 0.847. The quantitative estimate of drug-likeness (QED) is 0.639. The smallest absolute Gasteiger partial charge is 0.148 e. The molecule has 3 rings (SSSR count). The minimum Gasteiger partial charge on any atom is -0.195 e. The minimum atomic E-state index is 0.321. The topological polar surface area (TPSA) is 9.23 Å². The van der Waals surface area contributed by atoms with Gasteiger partial charge in [0, 0.05) is 19.3 Å². The van der Waals surface area contributed by atoms with E-state index in [0.717, 1.165) is 10.7 Å². The second kappa shape index (κ2) is 3.32. The van der Waals surface area contributed by atoms with Crippen molar-refractivity contribution in [3.63, 3.8) is 0 Å². The Labute approximate surface area is 91.0 Å². The van der Waals surface area contributed by atoms with Gasteiger partial charge in [-0.25, -0.2) is 0 Å². The molecule has 0 spiro atoms. The molecule has 2 fully saturated rings. The fourth-order valence-electron chi connectivity index (χ4n) is 3.02. The molecule has 2 heteroatoms. The highest BCUT2D eigenvalue weighted by molar-refractivity contribution is 5.18. The molecule has 0 aromatic heterocycles. The van der Waals surface area contributed by atoms with Gasteiger partial charge in [0.15, 0.2) is 0 Å². The predicted octanol–water partition coefficient (Wildman–Crippen LogP) is 2.67. The highest BCUT2D eigenvalue weighted by Crippen LogP contribution is 2.43. The first kappa shape index (κ1) is 9.37. The Kier molecular flexibility index (Phi) is 2.08. The molecule has 0 radical (unpaired) electrons. The molecule has 1 aromatic carbocycles. The van der Waals surface area contributed by atoms with Crippen molar-refractivity contribution in [2.75, 3.05) is 13.6 Å². The van der Waals surface area contributed by atoms with Crippen LogP contribution in [0.5, 0.6) is 0 Å². The maximum atomic E-state index is 6.20. The van der Waals surface area contributed by atoms with Crippen LogP contribution in [0, 0.1) is 0 Å². The van der Waals surface area contributed by atoms with Crippen LogP contribution in [0.15, 0.2) is 30.3 Å². The maximum absolute atomic E-state index is 6.20. The van der Waals surface area contributed by atoms with E-state index in [1.807, 2.05) is 0 Å². The first-order valence-electron chi connectivity index (χ1n) is 5.86. The molecule has 3 unspecified atom stereocenters. The van der Waals surface area contributed by atoms with E-state index in [2.05, 4.69) is 37.4 Å². The Hall–Kier alpha value is -0.860. The average molecular weight is 204 g/mol. The third-order valence-electron chi connectivity index (χ3n) is 3.94. The van der Waals surface area contributed by atoms with Crippen molar-refractivity contribution in [1.82, 2.24) is 0 Å². The van der Waals surface area contributed by atoms with Crippen LogP contribution in [0.3, 0.4) is 0 Å². The van der Waals surface area contributed by atoms with Crippen LogP contribution in [0.2, 0.25) is 0 Å². The van der Waals surface area contributed by atoms with Gasteiger partial charge in [0.2, 0.25) is 0 Å². The number of rotatable bonds is 1. The van der Waals surface area contributed by atoms with Gasteiger partial charge in [-0.15, -0.1) is 0 Å². The SMILES string of the molecule is C[N+]12CCCC1CC(c1ccccc1)O2. The third-order valence-corrected chi connectivity index (χ3v) is 3.94. The molecule has 3 atom stereocenters. The van der Waals surface area contributed by atoms with Gasteiger partial charge in [-0.1, -0.05) is 30.3 Å². The van der Waals surface area contributed by atoms with E-state index >= 15 is 0 Å². The maximum Gasteiger partial charge on any atom is 0.148 e. The van der Waals surface area contributed by atoms with Gasteiger partial charge in [-0.3, -0.25) is 0 Å². The number of nitrogens with zero attached hydrogens (tertiary/aromatic N) is 1. The average Bonchev–Trinajstić information content (AvgIpc) is 2.74. The zero-order valence-corrected chi connectivity index (χ0v) is 9.23. The summed E-state index contributed by atoms with van der Waals surface area (Å²) >= 11 is 0. The van der Waals surface area contributed by atoms with E-state index < -0.39 is 0 Å². The zero-order chi connectivity index (χ0) is 10.3. The van der Waals surface area contributed by atoms with Crippen LogP contribution in [-0.4, -0.2) is 24.3 Å². The van der Waals surface area contributed by atoms with Crippen molar-refractivity contribution in [3.8, 4) is 0 Å². The van der Waals surface area contributed by atoms with Crippen molar-refractivity contribution in [1.29, 1.82) is 0 Å². The van der Waals surface area contributed by atoms with E-state index in [1.165, 1.54) is 31.4 Å². The second-order valence-electron chi connectivity index (χ2n) is 4.93. The molecule has 2 saturated heterocycles. The van der Waals surface area contributed by atoms with Crippen molar-refractivity contribution in [2.24, 2.45) is 0 Å². The lowest BCUT2D eigenvalue weighted by Gasteiger charge is -2.25. The molecular formula is C13H18NO+. The largest absolute Gasteiger partial charge is 0.195 e. The second-order valence-corrected chi connectivity index (χ2v) is 4.93. The lowest BCUT2D eigenvalue weighted by Crippen LogP contribution is -2.41. The molecule has 0 amide bonds.